The van der Waals surface area contributed by atoms with E-state index < -0.39 is 0 Å². The van der Waals surface area contributed by atoms with Gasteiger partial charge in [-0.1, -0.05) is 135 Å². The predicted octanol–water partition coefficient (Wildman–Crippen LogP) is 13.7. The van der Waals surface area contributed by atoms with Crippen molar-refractivity contribution in [3.8, 4) is 56.7 Å². The van der Waals surface area contributed by atoms with E-state index in [0.29, 0.717) is 23.4 Å². The minimum absolute atomic E-state index is 0.153. The maximum absolute atomic E-state index is 6.60. The van der Waals surface area contributed by atoms with Crippen LogP contribution in [0.15, 0.2) is 162 Å². The van der Waals surface area contributed by atoms with E-state index in [4.69, 9.17) is 24.4 Å². The van der Waals surface area contributed by atoms with Gasteiger partial charge < -0.3 is 4.42 Å². The first-order chi connectivity index (χ1) is 28.0. The van der Waals surface area contributed by atoms with Gasteiger partial charge in [-0.15, -0.1) is 11.3 Å². The third kappa shape index (κ3) is 4.81. The Morgan fingerprint density at radius 2 is 1.12 bits per heavy atom. The molecule has 3 aromatic heterocycles. The number of hydrogen-bond donors (Lipinski definition) is 0. The van der Waals surface area contributed by atoms with Gasteiger partial charge in [-0.2, -0.15) is 0 Å². The van der Waals surface area contributed by atoms with Gasteiger partial charge in [0.15, 0.2) is 23.1 Å². The highest BCUT2D eigenvalue weighted by molar-refractivity contribution is 7.26. The average Bonchev–Trinajstić information content (AvgIpc) is 3.94. The molecule has 57 heavy (non-hydrogen) atoms. The highest BCUT2D eigenvalue weighted by atomic mass is 32.1. The van der Waals surface area contributed by atoms with Crippen molar-refractivity contribution >= 4 is 64.2 Å². The van der Waals surface area contributed by atoms with Crippen LogP contribution in [0.3, 0.4) is 0 Å². The molecule has 11 aromatic rings. The van der Waals surface area contributed by atoms with Crippen molar-refractivity contribution < 1.29 is 4.42 Å². The zero-order chi connectivity index (χ0) is 37.8. The third-order valence-corrected chi connectivity index (χ3v) is 12.9. The van der Waals surface area contributed by atoms with Crippen LogP contribution in [0.5, 0.6) is 0 Å². The lowest BCUT2D eigenvalue weighted by atomic mass is 9.82. The molecule has 0 saturated carbocycles. The molecule has 5 nitrogen and oxygen atoms in total. The largest absolute Gasteiger partial charge is 0.435 e. The van der Waals surface area contributed by atoms with Gasteiger partial charge in [0.05, 0.1) is 0 Å². The molecule has 0 spiro atoms. The fourth-order valence-electron chi connectivity index (χ4n) is 9.01. The molecule has 0 bridgehead atoms. The lowest BCUT2D eigenvalue weighted by molar-refractivity contribution is 0.623. The molecular formula is C51H32N4OS. The van der Waals surface area contributed by atoms with E-state index in [9.17, 15) is 0 Å². The SMILES string of the molecule is CC1(C)c2ccccc2-c2c(-c3nc(-c4ccc5ccc6sc7ccc8nc(-c9ccccc9)oc8c7c6c5c4)nc(-c4cccc5ccccc45)n3)cccc21. The van der Waals surface area contributed by atoms with Gasteiger partial charge in [-0.3, -0.25) is 0 Å². The molecule has 0 amide bonds. The Labute approximate surface area is 332 Å². The summed E-state index contributed by atoms with van der Waals surface area (Å²) in [6.07, 6.45) is 0. The summed E-state index contributed by atoms with van der Waals surface area (Å²) >= 11 is 1.78. The summed E-state index contributed by atoms with van der Waals surface area (Å²) in [6, 6.07) is 55.4. The van der Waals surface area contributed by atoms with Gasteiger partial charge in [0.2, 0.25) is 5.89 Å². The molecule has 1 aliphatic rings. The summed E-state index contributed by atoms with van der Waals surface area (Å²) < 4.78 is 8.95. The maximum atomic E-state index is 6.60. The van der Waals surface area contributed by atoms with Crippen molar-refractivity contribution in [1.29, 1.82) is 0 Å². The van der Waals surface area contributed by atoms with E-state index in [-0.39, 0.29) is 5.41 Å². The summed E-state index contributed by atoms with van der Waals surface area (Å²) in [5.74, 6) is 2.55. The standard InChI is InChI=1S/C51H32N4OS/c1-51(2)38-20-9-8-17-35(38)43-36(19-11-21-39(43)51)49-54-47(53-48(55-49)34-18-10-15-29-12-6-7-16-33(29)34)32-23-22-30-24-26-41-44(37(30)28-32)45-42(57-41)27-25-40-46(45)56-50(52-40)31-13-4-3-5-14-31/h3-28H,1-2H3. The van der Waals surface area contributed by atoms with E-state index >= 15 is 0 Å². The van der Waals surface area contributed by atoms with Crippen molar-refractivity contribution in [2.45, 2.75) is 19.3 Å². The number of aromatic nitrogens is 4. The van der Waals surface area contributed by atoms with Crippen LogP contribution < -0.4 is 0 Å². The smallest absolute Gasteiger partial charge is 0.227 e. The average molecular weight is 749 g/mol. The molecular weight excluding hydrogens is 717 g/mol. The number of benzene rings is 8. The first-order valence-corrected chi connectivity index (χ1v) is 20.0. The molecule has 0 aliphatic heterocycles. The second-order valence-electron chi connectivity index (χ2n) is 15.4. The zero-order valence-corrected chi connectivity index (χ0v) is 31.9. The Morgan fingerprint density at radius 1 is 0.474 bits per heavy atom. The Hall–Kier alpha value is -7.02. The predicted molar refractivity (Wildman–Crippen MR) is 235 cm³/mol. The van der Waals surface area contributed by atoms with E-state index in [1.54, 1.807) is 11.3 Å². The van der Waals surface area contributed by atoms with Gasteiger partial charge >= 0.3 is 0 Å². The van der Waals surface area contributed by atoms with Crippen LogP contribution in [0.4, 0.5) is 0 Å². The van der Waals surface area contributed by atoms with Crippen molar-refractivity contribution in [1.82, 2.24) is 19.9 Å². The van der Waals surface area contributed by atoms with Gasteiger partial charge in [0, 0.05) is 47.8 Å². The lowest BCUT2D eigenvalue weighted by Gasteiger charge is -2.21. The first-order valence-electron chi connectivity index (χ1n) is 19.2. The normalized spacial score (nSPS) is 13.2. The molecule has 0 saturated heterocycles. The highest BCUT2D eigenvalue weighted by Gasteiger charge is 2.37. The molecule has 0 atom stereocenters. The summed E-state index contributed by atoms with van der Waals surface area (Å²) in [5.41, 5.74) is 10.4. The molecule has 8 aromatic carbocycles. The van der Waals surface area contributed by atoms with Crippen LogP contribution in [0, 0.1) is 0 Å². The number of oxazole rings is 1. The Kier molecular flexibility index (Phi) is 6.78. The number of nitrogens with zero attached hydrogens (tertiary/aromatic N) is 4. The van der Waals surface area contributed by atoms with Crippen molar-refractivity contribution in [3.63, 3.8) is 0 Å². The van der Waals surface area contributed by atoms with Gasteiger partial charge in [0.1, 0.15) is 5.52 Å². The molecule has 0 radical (unpaired) electrons. The van der Waals surface area contributed by atoms with E-state index in [2.05, 4.69) is 141 Å². The molecule has 0 N–H and O–H groups in total. The molecule has 1 aliphatic carbocycles. The third-order valence-electron chi connectivity index (χ3n) is 11.8. The van der Waals surface area contributed by atoms with Crippen LogP contribution in [0.1, 0.15) is 25.0 Å². The molecule has 3 heterocycles. The van der Waals surface area contributed by atoms with Crippen LogP contribution in [0.2, 0.25) is 0 Å². The number of hydrogen-bond acceptors (Lipinski definition) is 6. The topological polar surface area (TPSA) is 64.7 Å². The molecule has 0 fully saturated rings. The number of rotatable bonds is 4. The molecule has 6 heteroatoms. The van der Waals surface area contributed by atoms with Crippen LogP contribution >= 0.6 is 11.3 Å². The molecule has 0 unspecified atom stereocenters. The summed E-state index contributed by atoms with van der Waals surface area (Å²) in [5, 5.41) is 6.73. The van der Waals surface area contributed by atoms with E-state index in [1.165, 1.54) is 27.0 Å². The Balaban J connectivity index is 1.12. The zero-order valence-electron chi connectivity index (χ0n) is 31.1. The second-order valence-corrected chi connectivity index (χ2v) is 16.5. The number of fused-ring (bicyclic) bond motifs is 11. The second kappa shape index (κ2) is 12.0. The fraction of sp³-hybridized carbons (Fsp3) is 0.0588. The van der Waals surface area contributed by atoms with Crippen molar-refractivity contribution in [2.75, 3.05) is 0 Å². The van der Waals surface area contributed by atoms with Crippen LogP contribution in [0.25, 0.3) is 110 Å². The monoisotopic (exact) mass is 748 g/mol. The Bertz CT molecular complexity index is 3450. The van der Waals surface area contributed by atoms with Crippen molar-refractivity contribution in [2.24, 2.45) is 0 Å². The van der Waals surface area contributed by atoms with Crippen LogP contribution in [-0.4, -0.2) is 19.9 Å². The summed E-state index contributed by atoms with van der Waals surface area (Å²) in [4.78, 5) is 20.9. The quantitative estimate of drug-likeness (QED) is 0.179. The van der Waals surface area contributed by atoms with Gasteiger partial charge in [-0.25, -0.2) is 19.9 Å². The first kappa shape index (κ1) is 32.2. The van der Waals surface area contributed by atoms with E-state index in [1.807, 2.05) is 30.3 Å². The molecule has 268 valence electrons. The minimum atomic E-state index is -0.153. The number of thiophene rings is 1. The Morgan fingerprint density at radius 3 is 2.04 bits per heavy atom. The highest BCUT2D eigenvalue weighted by Crippen LogP contribution is 2.52. The summed E-state index contributed by atoms with van der Waals surface area (Å²) in [7, 11) is 0. The lowest BCUT2D eigenvalue weighted by Crippen LogP contribution is -2.14. The van der Waals surface area contributed by atoms with Gasteiger partial charge in [-0.05, 0) is 80.2 Å². The molecule has 12 rings (SSSR count). The van der Waals surface area contributed by atoms with Crippen molar-refractivity contribution in [3.05, 3.63) is 169 Å². The maximum Gasteiger partial charge on any atom is 0.227 e. The van der Waals surface area contributed by atoms with E-state index in [0.717, 1.165) is 70.4 Å². The fourth-order valence-corrected chi connectivity index (χ4v) is 10.1. The minimum Gasteiger partial charge on any atom is -0.435 e. The van der Waals surface area contributed by atoms with Gasteiger partial charge in [0.25, 0.3) is 0 Å². The summed E-state index contributed by atoms with van der Waals surface area (Å²) in [6.45, 7) is 4.61. The van der Waals surface area contributed by atoms with Crippen LogP contribution in [-0.2, 0) is 5.41 Å².